The molecule has 0 spiro atoms. The number of ether oxygens (including phenoxy) is 1. The number of hydrazone groups is 1. The van der Waals surface area contributed by atoms with Crippen LogP contribution in [0.5, 0.6) is 5.75 Å². The summed E-state index contributed by atoms with van der Waals surface area (Å²) in [6.45, 7) is 3.99. The highest BCUT2D eigenvalue weighted by Gasteiger charge is 2.04. The SMILES string of the molecule is CC(=O)Nc1ccc(C(=O)N/N=C\c2ccc(OCc3ccc(C)cc3)cc2)cc1. The van der Waals surface area contributed by atoms with Gasteiger partial charge in [0.2, 0.25) is 5.91 Å². The zero-order valence-electron chi connectivity index (χ0n) is 16.9. The van der Waals surface area contributed by atoms with E-state index in [4.69, 9.17) is 4.74 Å². The van der Waals surface area contributed by atoms with Crippen LogP contribution < -0.4 is 15.5 Å². The molecule has 0 saturated carbocycles. The molecule has 3 aromatic carbocycles. The van der Waals surface area contributed by atoms with Crippen LogP contribution in [0.4, 0.5) is 5.69 Å². The van der Waals surface area contributed by atoms with E-state index in [1.54, 1.807) is 30.5 Å². The predicted octanol–water partition coefficient (Wildman–Crippen LogP) is 4.30. The molecule has 0 saturated heterocycles. The smallest absolute Gasteiger partial charge is 0.271 e. The molecule has 0 radical (unpaired) electrons. The number of hydrogen-bond donors (Lipinski definition) is 2. The molecule has 0 aromatic heterocycles. The molecule has 3 rings (SSSR count). The number of benzene rings is 3. The number of hydrogen-bond acceptors (Lipinski definition) is 4. The van der Waals surface area contributed by atoms with Gasteiger partial charge in [-0.3, -0.25) is 9.59 Å². The molecule has 30 heavy (non-hydrogen) atoms. The zero-order chi connectivity index (χ0) is 21.3. The van der Waals surface area contributed by atoms with Crippen LogP contribution in [0.15, 0.2) is 77.9 Å². The van der Waals surface area contributed by atoms with E-state index in [1.807, 2.05) is 36.4 Å². The second kappa shape index (κ2) is 10.0. The summed E-state index contributed by atoms with van der Waals surface area (Å²) in [6, 6.07) is 22.2. The summed E-state index contributed by atoms with van der Waals surface area (Å²) in [5.41, 5.74) is 6.72. The topological polar surface area (TPSA) is 79.8 Å². The molecule has 0 fully saturated rings. The predicted molar refractivity (Wildman–Crippen MR) is 118 cm³/mol. The molecule has 152 valence electrons. The maximum atomic E-state index is 12.1. The third kappa shape index (κ3) is 6.31. The molecule has 0 atom stereocenters. The summed E-state index contributed by atoms with van der Waals surface area (Å²) in [7, 11) is 0. The van der Waals surface area contributed by atoms with Crippen LogP contribution in [0.1, 0.15) is 34.0 Å². The van der Waals surface area contributed by atoms with E-state index < -0.39 is 0 Å². The lowest BCUT2D eigenvalue weighted by molar-refractivity contribution is -0.114. The van der Waals surface area contributed by atoms with Gasteiger partial charge in [-0.1, -0.05) is 29.8 Å². The Morgan fingerprint density at radius 2 is 1.60 bits per heavy atom. The molecule has 0 unspecified atom stereocenters. The lowest BCUT2D eigenvalue weighted by Crippen LogP contribution is -2.17. The first-order valence-electron chi connectivity index (χ1n) is 9.49. The Morgan fingerprint density at radius 1 is 0.933 bits per heavy atom. The summed E-state index contributed by atoms with van der Waals surface area (Å²) < 4.78 is 5.78. The average Bonchev–Trinajstić information content (AvgIpc) is 2.74. The molecule has 2 N–H and O–H groups in total. The average molecular weight is 401 g/mol. The van der Waals surface area contributed by atoms with Gasteiger partial charge in [-0.15, -0.1) is 0 Å². The van der Waals surface area contributed by atoms with Gasteiger partial charge in [0.05, 0.1) is 6.21 Å². The summed E-state index contributed by atoms with van der Waals surface area (Å²) in [4.78, 5) is 23.2. The molecule has 0 heterocycles. The summed E-state index contributed by atoms with van der Waals surface area (Å²) in [5, 5.41) is 6.64. The standard InChI is InChI=1S/C24H23N3O3/c1-17-3-5-20(6-4-17)16-30-23-13-7-19(8-14-23)15-25-27-24(29)21-9-11-22(12-10-21)26-18(2)28/h3-15H,16H2,1-2H3,(H,26,28)(H,27,29)/b25-15-. The van der Waals surface area contributed by atoms with E-state index in [0.29, 0.717) is 17.9 Å². The van der Waals surface area contributed by atoms with Crippen molar-refractivity contribution < 1.29 is 14.3 Å². The monoisotopic (exact) mass is 401 g/mol. The van der Waals surface area contributed by atoms with Crippen LogP contribution in [-0.2, 0) is 11.4 Å². The molecule has 6 heteroatoms. The number of carbonyl (C=O) groups excluding carboxylic acids is 2. The zero-order valence-corrected chi connectivity index (χ0v) is 16.9. The van der Waals surface area contributed by atoms with Crippen molar-refractivity contribution in [3.05, 3.63) is 95.1 Å². The van der Waals surface area contributed by atoms with Crippen LogP contribution in [0.2, 0.25) is 0 Å². The van der Waals surface area contributed by atoms with E-state index in [1.165, 1.54) is 12.5 Å². The van der Waals surface area contributed by atoms with Crippen LogP contribution in [-0.4, -0.2) is 18.0 Å². The van der Waals surface area contributed by atoms with Crippen molar-refractivity contribution in [3.8, 4) is 5.75 Å². The highest BCUT2D eigenvalue weighted by Crippen LogP contribution is 2.14. The van der Waals surface area contributed by atoms with E-state index >= 15 is 0 Å². The van der Waals surface area contributed by atoms with Gasteiger partial charge < -0.3 is 10.1 Å². The molecule has 3 aromatic rings. The maximum Gasteiger partial charge on any atom is 0.271 e. The van der Waals surface area contributed by atoms with E-state index in [9.17, 15) is 9.59 Å². The Kier molecular flexibility index (Phi) is 6.95. The highest BCUT2D eigenvalue weighted by atomic mass is 16.5. The fourth-order valence-electron chi connectivity index (χ4n) is 2.64. The minimum Gasteiger partial charge on any atom is -0.489 e. The molecule has 0 aliphatic heterocycles. The van der Waals surface area contributed by atoms with Crippen molar-refractivity contribution in [3.63, 3.8) is 0 Å². The molecule has 2 amide bonds. The summed E-state index contributed by atoms with van der Waals surface area (Å²) >= 11 is 0. The van der Waals surface area contributed by atoms with Gasteiger partial charge in [0.15, 0.2) is 0 Å². The van der Waals surface area contributed by atoms with E-state index in [-0.39, 0.29) is 11.8 Å². The Bertz CT molecular complexity index is 1020. The fourth-order valence-corrected chi connectivity index (χ4v) is 2.64. The van der Waals surface area contributed by atoms with Crippen molar-refractivity contribution >= 4 is 23.7 Å². The minimum absolute atomic E-state index is 0.164. The number of carbonyl (C=O) groups is 2. The second-order valence-corrected chi connectivity index (χ2v) is 6.80. The van der Waals surface area contributed by atoms with Gasteiger partial charge in [0.1, 0.15) is 12.4 Å². The lowest BCUT2D eigenvalue weighted by Gasteiger charge is -2.07. The quantitative estimate of drug-likeness (QED) is 0.458. The largest absolute Gasteiger partial charge is 0.489 e. The van der Waals surface area contributed by atoms with Crippen molar-refractivity contribution in [2.24, 2.45) is 5.10 Å². The normalized spacial score (nSPS) is 10.6. The number of aryl methyl sites for hydroxylation is 1. The number of amides is 2. The van der Waals surface area contributed by atoms with Crippen molar-refractivity contribution in [2.45, 2.75) is 20.5 Å². The summed E-state index contributed by atoms with van der Waals surface area (Å²) in [6.07, 6.45) is 1.56. The molecular weight excluding hydrogens is 378 g/mol. The van der Waals surface area contributed by atoms with Gasteiger partial charge in [-0.25, -0.2) is 5.43 Å². The summed E-state index contributed by atoms with van der Waals surface area (Å²) in [5.74, 6) is 0.262. The minimum atomic E-state index is -0.335. The van der Waals surface area contributed by atoms with E-state index in [2.05, 4.69) is 34.9 Å². The molecule has 0 aliphatic carbocycles. The van der Waals surface area contributed by atoms with Crippen LogP contribution in [0, 0.1) is 6.92 Å². The fraction of sp³-hybridized carbons (Fsp3) is 0.125. The van der Waals surface area contributed by atoms with Crippen LogP contribution in [0.3, 0.4) is 0 Å². The van der Waals surface area contributed by atoms with Crippen LogP contribution >= 0.6 is 0 Å². The first kappa shape index (κ1) is 20.8. The van der Waals surface area contributed by atoms with Gasteiger partial charge >= 0.3 is 0 Å². The number of anilines is 1. The van der Waals surface area contributed by atoms with Gasteiger partial charge in [-0.2, -0.15) is 5.10 Å². The molecule has 0 aliphatic rings. The Morgan fingerprint density at radius 3 is 2.23 bits per heavy atom. The third-order valence-electron chi connectivity index (χ3n) is 4.25. The first-order valence-corrected chi connectivity index (χ1v) is 9.49. The Labute approximate surface area is 175 Å². The molecule has 0 bridgehead atoms. The Hall–Kier alpha value is -3.93. The van der Waals surface area contributed by atoms with Gasteiger partial charge in [0, 0.05) is 18.2 Å². The van der Waals surface area contributed by atoms with E-state index in [0.717, 1.165) is 16.9 Å². The number of nitrogens with one attached hydrogen (secondary N) is 2. The molecule has 6 nitrogen and oxygen atoms in total. The number of rotatable bonds is 7. The van der Waals surface area contributed by atoms with Gasteiger partial charge in [-0.05, 0) is 66.6 Å². The van der Waals surface area contributed by atoms with Crippen molar-refractivity contribution in [1.29, 1.82) is 0 Å². The van der Waals surface area contributed by atoms with Crippen molar-refractivity contribution in [2.75, 3.05) is 5.32 Å². The molecular formula is C24H23N3O3. The second-order valence-electron chi connectivity index (χ2n) is 6.80. The number of nitrogens with zero attached hydrogens (tertiary/aromatic N) is 1. The highest BCUT2D eigenvalue weighted by molar-refractivity contribution is 5.96. The third-order valence-corrected chi connectivity index (χ3v) is 4.25. The van der Waals surface area contributed by atoms with Crippen molar-refractivity contribution in [1.82, 2.24) is 5.43 Å². The lowest BCUT2D eigenvalue weighted by atomic mass is 10.2. The maximum absolute atomic E-state index is 12.1. The van der Waals surface area contributed by atoms with Crippen LogP contribution in [0.25, 0.3) is 0 Å². The first-order chi connectivity index (χ1) is 14.5. The Balaban J connectivity index is 1.49. The van der Waals surface area contributed by atoms with Gasteiger partial charge in [0.25, 0.3) is 5.91 Å².